The van der Waals surface area contributed by atoms with Gasteiger partial charge in [-0.05, 0) is 25.7 Å². The first-order valence-corrected chi connectivity index (χ1v) is 5.47. The molecule has 0 aromatic carbocycles. The summed E-state index contributed by atoms with van der Waals surface area (Å²) in [5.41, 5.74) is 0. The minimum Gasteiger partial charge on any atom is -0.321 e. The smallest absolute Gasteiger partial charge is 0.321 e. The topological polar surface area (TPSA) is 57.5 Å². The molecule has 0 radical (unpaired) electrons. The Bertz CT molecular complexity index is 204. The van der Waals surface area contributed by atoms with E-state index in [4.69, 9.17) is 9.79 Å². The highest BCUT2D eigenvalue weighted by Crippen LogP contribution is 2.48. The van der Waals surface area contributed by atoms with Gasteiger partial charge >= 0.3 is 7.60 Å². The van der Waals surface area contributed by atoms with Crippen molar-refractivity contribution in [2.75, 3.05) is 0 Å². The molecule has 2 N–H and O–H groups in total. The van der Waals surface area contributed by atoms with Gasteiger partial charge in [-0.15, -0.1) is 0 Å². The molecule has 4 heteroatoms. The quantitative estimate of drug-likeness (QED) is 0.601. The number of rotatable bonds is 1. The summed E-state index contributed by atoms with van der Waals surface area (Å²) in [6, 6.07) is 0. The molecule has 0 atom stereocenters. The molecule has 1 aliphatic rings. The highest BCUT2D eigenvalue weighted by Gasteiger charge is 2.20. The molecule has 1 aliphatic carbocycles. The maximum atomic E-state index is 10.8. The fourth-order valence-corrected chi connectivity index (χ4v) is 2.08. The van der Waals surface area contributed by atoms with Gasteiger partial charge in [0.05, 0.1) is 0 Å². The van der Waals surface area contributed by atoms with E-state index in [1.54, 1.807) is 6.08 Å². The second kappa shape index (κ2) is 3.53. The van der Waals surface area contributed by atoms with Gasteiger partial charge in [0.25, 0.3) is 0 Å². The largest absolute Gasteiger partial charge is 0.351 e. The molecule has 64 valence electrons. The van der Waals surface area contributed by atoms with E-state index >= 15 is 0 Å². The summed E-state index contributed by atoms with van der Waals surface area (Å²) in [6.07, 6.45) is 6.15. The van der Waals surface area contributed by atoms with Gasteiger partial charge in [0.2, 0.25) is 0 Å². The van der Waals surface area contributed by atoms with Crippen molar-refractivity contribution in [3.05, 3.63) is 11.4 Å². The normalized spacial score (nSPS) is 20.7. The van der Waals surface area contributed by atoms with Gasteiger partial charge in [0, 0.05) is 5.31 Å². The third-order valence-corrected chi connectivity index (χ3v) is 3.05. The van der Waals surface area contributed by atoms with Crippen LogP contribution in [0.3, 0.4) is 0 Å². The molecule has 0 unspecified atom stereocenters. The molecule has 3 nitrogen and oxygen atoms in total. The second-order valence-corrected chi connectivity index (χ2v) is 4.50. The Kier molecular flexibility index (Phi) is 2.88. The zero-order valence-electron chi connectivity index (χ0n) is 6.36. The van der Waals surface area contributed by atoms with Crippen molar-refractivity contribution in [3.8, 4) is 0 Å². The zero-order valence-corrected chi connectivity index (χ0v) is 7.26. The average Bonchev–Trinajstić information content (AvgIpc) is 2.10. The van der Waals surface area contributed by atoms with E-state index in [1.165, 1.54) is 0 Å². The van der Waals surface area contributed by atoms with Crippen molar-refractivity contribution in [3.63, 3.8) is 0 Å². The van der Waals surface area contributed by atoms with Gasteiger partial charge < -0.3 is 9.79 Å². The van der Waals surface area contributed by atoms with Gasteiger partial charge in [0.1, 0.15) is 0 Å². The molecule has 0 saturated carbocycles. The maximum absolute atomic E-state index is 10.8. The lowest BCUT2D eigenvalue weighted by Gasteiger charge is -2.05. The lowest BCUT2D eigenvalue weighted by Crippen LogP contribution is -1.84. The highest BCUT2D eigenvalue weighted by atomic mass is 31.2. The Morgan fingerprint density at radius 1 is 1.27 bits per heavy atom. The Labute approximate surface area is 66.3 Å². The molecule has 0 spiro atoms. The van der Waals surface area contributed by atoms with Crippen LogP contribution in [-0.2, 0) is 4.57 Å². The fraction of sp³-hybridized carbons (Fsp3) is 0.714. The SMILES string of the molecule is O=P(O)(O)C1=CCCCCC1. The number of allylic oxidation sites excluding steroid dienone is 2. The molecule has 0 aromatic heterocycles. The highest BCUT2D eigenvalue weighted by molar-refractivity contribution is 7.56. The van der Waals surface area contributed by atoms with E-state index in [-0.39, 0.29) is 0 Å². The minimum absolute atomic E-state index is 0.343. The standard InChI is InChI=1S/C7H13O3P/c8-11(9,10)7-5-3-1-2-4-6-7/h5H,1-4,6H2,(H2,8,9,10). The van der Waals surface area contributed by atoms with E-state index in [1.807, 2.05) is 0 Å². The summed E-state index contributed by atoms with van der Waals surface area (Å²) in [6.45, 7) is 0. The molecule has 0 aliphatic heterocycles. The molecule has 0 bridgehead atoms. The molecule has 11 heavy (non-hydrogen) atoms. The number of hydrogen-bond acceptors (Lipinski definition) is 1. The number of hydrogen-bond donors (Lipinski definition) is 2. The lowest BCUT2D eigenvalue weighted by molar-refractivity contribution is 0.380. The van der Waals surface area contributed by atoms with E-state index in [0.29, 0.717) is 11.7 Å². The predicted octanol–water partition coefficient (Wildman–Crippen LogP) is 2.01. The first-order valence-electron chi connectivity index (χ1n) is 3.86. The van der Waals surface area contributed by atoms with Crippen molar-refractivity contribution in [2.45, 2.75) is 32.1 Å². The zero-order chi connectivity index (χ0) is 8.32. The van der Waals surface area contributed by atoms with Crippen LogP contribution in [0.25, 0.3) is 0 Å². The summed E-state index contributed by atoms with van der Waals surface area (Å²) in [7, 11) is -3.91. The molecule has 1 rings (SSSR count). The van der Waals surface area contributed by atoms with Crippen LogP contribution in [0.1, 0.15) is 32.1 Å². The van der Waals surface area contributed by atoms with Crippen LogP contribution in [0, 0.1) is 0 Å². The summed E-state index contributed by atoms with van der Waals surface area (Å²) < 4.78 is 10.8. The van der Waals surface area contributed by atoms with E-state index in [9.17, 15) is 4.57 Å². The van der Waals surface area contributed by atoms with Crippen molar-refractivity contribution in [2.24, 2.45) is 0 Å². The lowest BCUT2D eigenvalue weighted by atomic mass is 10.2. The Hall–Kier alpha value is -0.110. The molecule has 0 fully saturated rings. The first kappa shape index (κ1) is 8.98. The van der Waals surface area contributed by atoms with Crippen molar-refractivity contribution in [1.29, 1.82) is 0 Å². The van der Waals surface area contributed by atoms with Gasteiger partial charge in [-0.1, -0.05) is 12.5 Å². The first-order chi connectivity index (χ1) is 5.11. The Morgan fingerprint density at radius 3 is 2.64 bits per heavy atom. The summed E-state index contributed by atoms with van der Waals surface area (Å²) in [5, 5.41) is 0.343. The van der Waals surface area contributed by atoms with Crippen LogP contribution in [-0.4, -0.2) is 9.79 Å². The van der Waals surface area contributed by atoms with Crippen LogP contribution in [0.2, 0.25) is 0 Å². The second-order valence-electron chi connectivity index (χ2n) is 2.84. The minimum atomic E-state index is -3.91. The van der Waals surface area contributed by atoms with E-state index < -0.39 is 7.60 Å². The van der Waals surface area contributed by atoms with Crippen LogP contribution in [0.5, 0.6) is 0 Å². The molecule has 0 amide bonds. The van der Waals surface area contributed by atoms with Gasteiger partial charge in [-0.2, -0.15) is 0 Å². The van der Waals surface area contributed by atoms with Crippen LogP contribution in [0.15, 0.2) is 11.4 Å². The van der Waals surface area contributed by atoms with E-state index in [0.717, 1.165) is 25.7 Å². The molecule has 0 heterocycles. The summed E-state index contributed by atoms with van der Waals surface area (Å²) in [5.74, 6) is 0. The summed E-state index contributed by atoms with van der Waals surface area (Å²) in [4.78, 5) is 17.6. The van der Waals surface area contributed by atoms with Gasteiger partial charge in [-0.25, -0.2) is 0 Å². The van der Waals surface area contributed by atoms with Crippen LogP contribution in [0.4, 0.5) is 0 Å². The molecule has 0 aromatic rings. The third-order valence-electron chi connectivity index (χ3n) is 1.89. The van der Waals surface area contributed by atoms with Gasteiger partial charge in [0.15, 0.2) is 0 Å². The monoisotopic (exact) mass is 176 g/mol. The van der Waals surface area contributed by atoms with E-state index in [2.05, 4.69) is 0 Å². The predicted molar refractivity (Wildman–Crippen MR) is 43.2 cm³/mol. The molecular formula is C7H13O3P. The Balaban J connectivity index is 2.69. The van der Waals surface area contributed by atoms with Crippen LogP contribution < -0.4 is 0 Å². The third kappa shape index (κ3) is 2.78. The van der Waals surface area contributed by atoms with Crippen molar-refractivity contribution < 1.29 is 14.4 Å². The summed E-state index contributed by atoms with van der Waals surface area (Å²) >= 11 is 0. The van der Waals surface area contributed by atoms with Crippen LogP contribution >= 0.6 is 7.60 Å². The maximum Gasteiger partial charge on any atom is 0.351 e. The molecule has 0 saturated heterocycles. The fourth-order valence-electron chi connectivity index (χ4n) is 1.26. The average molecular weight is 176 g/mol. The van der Waals surface area contributed by atoms with Crippen molar-refractivity contribution >= 4 is 7.60 Å². The molecular weight excluding hydrogens is 163 g/mol. The Morgan fingerprint density at radius 2 is 2.00 bits per heavy atom. The van der Waals surface area contributed by atoms with Gasteiger partial charge in [-0.3, -0.25) is 4.57 Å². The van der Waals surface area contributed by atoms with Crippen molar-refractivity contribution in [1.82, 2.24) is 0 Å².